The van der Waals surface area contributed by atoms with E-state index in [9.17, 15) is 22.8 Å². The van der Waals surface area contributed by atoms with Crippen molar-refractivity contribution in [2.24, 2.45) is 16.7 Å². The quantitative estimate of drug-likeness (QED) is 0.523. The topological polar surface area (TPSA) is 103 Å². The number of methoxy groups -OCH3 is 1. The highest BCUT2D eigenvalue weighted by Gasteiger charge is 2.66. The standard InChI is InChI=1S/C30H39F3N6O3/c1-27(2)25(28(3,4)26(27)38-11-9-30(32,33)16-38)35-23(40)17-6-10-39(29(14-17)7-8-29)24(41)21-13-20(36-37-21)18-12-22(42-5)34-15-19(18)31/h12-13,15,17,25-26H,6-11,14,16H2,1-5H3,(H,35,40)(H,36,37). The third-order valence-corrected chi connectivity index (χ3v) is 10.2. The molecule has 1 unspecified atom stereocenters. The van der Waals surface area contributed by atoms with Crippen LogP contribution < -0.4 is 10.1 Å². The monoisotopic (exact) mass is 588 g/mol. The van der Waals surface area contributed by atoms with Gasteiger partial charge in [0, 0.05) is 65.5 Å². The third kappa shape index (κ3) is 4.66. The molecule has 0 radical (unpaired) electrons. The number of nitrogens with one attached hydrogen (secondary N) is 2. The fourth-order valence-electron chi connectivity index (χ4n) is 8.49. The maximum Gasteiger partial charge on any atom is 0.274 e. The molecule has 2 aliphatic heterocycles. The molecular formula is C30H39F3N6O3. The number of piperidine rings is 1. The zero-order valence-electron chi connectivity index (χ0n) is 24.8. The van der Waals surface area contributed by atoms with Crippen LogP contribution in [0.3, 0.4) is 0 Å². The fraction of sp³-hybridized carbons (Fsp3) is 0.667. The van der Waals surface area contributed by atoms with Gasteiger partial charge in [0.05, 0.1) is 25.5 Å². The van der Waals surface area contributed by atoms with Crippen LogP contribution in [0.4, 0.5) is 13.2 Å². The summed E-state index contributed by atoms with van der Waals surface area (Å²) in [5.74, 6) is -3.51. The van der Waals surface area contributed by atoms with Gasteiger partial charge in [0.25, 0.3) is 11.8 Å². The number of carbonyl (C=O) groups is 2. The lowest BCUT2D eigenvalue weighted by molar-refractivity contribution is -0.162. The summed E-state index contributed by atoms with van der Waals surface area (Å²) in [7, 11) is 1.44. The lowest BCUT2D eigenvalue weighted by Crippen LogP contribution is -2.77. The number of H-pyrrole nitrogens is 1. The first-order chi connectivity index (χ1) is 19.7. The minimum Gasteiger partial charge on any atom is -0.481 e. The Kier molecular flexibility index (Phi) is 6.67. The Morgan fingerprint density at radius 2 is 1.81 bits per heavy atom. The Bertz CT molecular complexity index is 1390. The molecule has 9 nitrogen and oxygen atoms in total. The molecule has 2 N–H and O–H groups in total. The fourth-order valence-corrected chi connectivity index (χ4v) is 8.49. The average Bonchev–Trinajstić information content (AvgIpc) is 3.34. The molecule has 0 bridgehead atoms. The second-order valence-corrected chi connectivity index (χ2v) is 13.8. The van der Waals surface area contributed by atoms with E-state index in [1.54, 1.807) is 0 Å². The molecule has 2 aromatic rings. The van der Waals surface area contributed by atoms with Crippen molar-refractivity contribution in [3.63, 3.8) is 0 Å². The van der Waals surface area contributed by atoms with Crippen LogP contribution in [0.5, 0.6) is 5.88 Å². The van der Waals surface area contributed by atoms with Gasteiger partial charge in [-0.25, -0.2) is 18.2 Å². The SMILES string of the molecule is COc1cc(-c2cc(C(=O)N3CCC(C(=O)NC4C(C)(C)C(N5CCC(F)(F)C5)C4(C)C)CC34CC4)n[nH]2)c(F)cn1. The van der Waals surface area contributed by atoms with E-state index >= 15 is 0 Å². The van der Waals surface area contributed by atoms with E-state index in [1.165, 1.54) is 19.2 Å². The Morgan fingerprint density at radius 1 is 1.10 bits per heavy atom. The van der Waals surface area contributed by atoms with E-state index in [0.29, 0.717) is 31.6 Å². The summed E-state index contributed by atoms with van der Waals surface area (Å²) >= 11 is 0. The summed E-state index contributed by atoms with van der Waals surface area (Å²) in [5.41, 5.74) is -0.376. The predicted octanol–water partition coefficient (Wildman–Crippen LogP) is 4.26. The molecule has 4 fully saturated rings. The van der Waals surface area contributed by atoms with E-state index in [-0.39, 0.29) is 70.7 Å². The summed E-state index contributed by atoms with van der Waals surface area (Å²) in [6, 6.07) is 2.76. The number of hydrogen-bond acceptors (Lipinski definition) is 6. The van der Waals surface area contributed by atoms with Crippen molar-refractivity contribution in [1.82, 2.24) is 30.3 Å². The van der Waals surface area contributed by atoms with Crippen molar-refractivity contribution in [3.8, 4) is 17.1 Å². The lowest BCUT2D eigenvalue weighted by Gasteiger charge is -2.67. The molecule has 2 amide bonds. The molecule has 4 aliphatic rings. The van der Waals surface area contributed by atoms with Crippen LogP contribution in [0.15, 0.2) is 18.3 Å². The molecule has 42 heavy (non-hydrogen) atoms. The largest absolute Gasteiger partial charge is 0.481 e. The number of pyridine rings is 1. The van der Waals surface area contributed by atoms with Crippen molar-refractivity contribution in [3.05, 3.63) is 29.8 Å². The number of carbonyl (C=O) groups excluding carboxylic acids is 2. The molecule has 0 aromatic carbocycles. The minimum absolute atomic E-state index is 0.0334. The first-order valence-electron chi connectivity index (χ1n) is 14.7. The molecule has 2 saturated heterocycles. The number of likely N-dealkylation sites (tertiary alicyclic amines) is 2. The van der Waals surface area contributed by atoms with Gasteiger partial charge in [-0.2, -0.15) is 5.10 Å². The van der Waals surface area contributed by atoms with Gasteiger partial charge in [-0.1, -0.05) is 27.7 Å². The zero-order valence-corrected chi connectivity index (χ0v) is 24.8. The molecule has 12 heteroatoms. The number of aromatic nitrogens is 3. The molecule has 2 aromatic heterocycles. The van der Waals surface area contributed by atoms with Crippen LogP contribution in [-0.2, 0) is 4.79 Å². The van der Waals surface area contributed by atoms with Crippen LogP contribution in [-0.4, -0.2) is 87.1 Å². The van der Waals surface area contributed by atoms with Gasteiger partial charge >= 0.3 is 0 Å². The molecule has 2 saturated carbocycles. The Hall–Kier alpha value is -3.15. The number of rotatable bonds is 6. The number of alkyl halides is 2. The second-order valence-electron chi connectivity index (χ2n) is 13.8. The third-order valence-electron chi connectivity index (χ3n) is 10.2. The molecule has 4 heterocycles. The summed E-state index contributed by atoms with van der Waals surface area (Å²) in [5, 5.41) is 10.2. The second kappa shape index (κ2) is 9.68. The van der Waals surface area contributed by atoms with Gasteiger partial charge in [0.1, 0.15) is 0 Å². The van der Waals surface area contributed by atoms with Gasteiger partial charge in [-0.3, -0.25) is 19.6 Å². The molecule has 1 atom stereocenters. The molecule has 1 spiro atoms. The van der Waals surface area contributed by atoms with E-state index in [1.807, 2.05) is 9.80 Å². The van der Waals surface area contributed by atoms with Gasteiger partial charge in [-0.15, -0.1) is 0 Å². The lowest BCUT2D eigenvalue weighted by atomic mass is 9.47. The first-order valence-corrected chi connectivity index (χ1v) is 14.7. The Morgan fingerprint density at radius 3 is 2.43 bits per heavy atom. The molecule has 2 aliphatic carbocycles. The number of halogens is 3. The minimum atomic E-state index is -2.66. The maximum absolute atomic E-state index is 14.4. The number of nitrogens with zero attached hydrogens (tertiary/aromatic N) is 4. The van der Waals surface area contributed by atoms with Crippen LogP contribution in [0.25, 0.3) is 11.3 Å². The molecule has 228 valence electrons. The van der Waals surface area contributed by atoms with Crippen LogP contribution >= 0.6 is 0 Å². The Balaban J connectivity index is 1.11. The molecular weight excluding hydrogens is 549 g/mol. The van der Waals surface area contributed by atoms with Crippen molar-refractivity contribution in [2.45, 2.75) is 83.3 Å². The van der Waals surface area contributed by atoms with Crippen LogP contribution in [0.2, 0.25) is 0 Å². The van der Waals surface area contributed by atoms with E-state index < -0.39 is 17.3 Å². The summed E-state index contributed by atoms with van der Waals surface area (Å²) in [6.45, 7) is 8.77. The van der Waals surface area contributed by atoms with Crippen molar-refractivity contribution in [2.75, 3.05) is 26.7 Å². The summed E-state index contributed by atoms with van der Waals surface area (Å²) in [4.78, 5) is 34.7. The van der Waals surface area contributed by atoms with Crippen molar-refractivity contribution >= 4 is 11.8 Å². The number of amides is 2. The van der Waals surface area contributed by atoms with Crippen LogP contribution in [0.1, 0.15) is 70.3 Å². The van der Waals surface area contributed by atoms with Gasteiger partial charge < -0.3 is 15.0 Å². The highest BCUT2D eigenvalue weighted by atomic mass is 19.3. The van der Waals surface area contributed by atoms with E-state index in [0.717, 1.165) is 19.0 Å². The number of aromatic amines is 1. The van der Waals surface area contributed by atoms with Gasteiger partial charge in [0.2, 0.25) is 11.8 Å². The van der Waals surface area contributed by atoms with Crippen molar-refractivity contribution in [1.29, 1.82) is 0 Å². The number of ether oxygens (including phenoxy) is 1. The van der Waals surface area contributed by atoms with Gasteiger partial charge in [-0.05, 0) is 31.7 Å². The highest BCUT2D eigenvalue weighted by molar-refractivity contribution is 5.94. The van der Waals surface area contributed by atoms with Gasteiger partial charge in [0.15, 0.2) is 11.5 Å². The maximum atomic E-state index is 14.4. The van der Waals surface area contributed by atoms with E-state index in [2.05, 4.69) is 48.2 Å². The summed E-state index contributed by atoms with van der Waals surface area (Å²) < 4.78 is 47.5. The van der Waals surface area contributed by atoms with Crippen molar-refractivity contribution < 1.29 is 27.5 Å². The summed E-state index contributed by atoms with van der Waals surface area (Å²) in [6.07, 6.45) is 3.63. The Labute approximate surface area is 243 Å². The highest BCUT2D eigenvalue weighted by Crippen LogP contribution is 2.58. The smallest absolute Gasteiger partial charge is 0.274 e. The van der Waals surface area contributed by atoms with Crippen LogP contribution in [0, 0.1) is 22.6 Å². The van der Waals surface area contributed by atoms with E-state index in [4.69, 9.17) is 4.74 Å². The normalized spacial score (nSPS) is 28.8. The first kappa shape index (κ1) is 28.9. The molecule has 6 rings (SSSR count). The zero-order chi connectivity index (χ0) is 30.2. The number of hydrogen-bond donors (Lipinski definition) is 2. The average molecular weight is 589 g/mol. The predicted molar refractivity (Wildman–Crippen MR) is 148 cm³/mol.